The van der Waals surface area contributed by atoms with Crippen LogP contribution in [-0.2, 0) is 9.59 Å². The molecule has 1 heterocycles. The van der Waals surface area contributed by atoms with Gasteiger partial charge in [0.1, 0.15) is 11.6 Å². The summed E-state index contributed by atoms with van der Waals surface area (Å²) in [4.78, 5) is 28.7. The average Bonchev–Trinajstić information content (AvgIpc) is 3.25. The van der Waals surface area contributed by atoms with Crippen molar-refractivity contribution in [3.8, 4) is 0 Å². The van der Waals surface area contributed by atoms with Gasteiger partial charge >= 0.3 is 11.8 Å². The van der Waals surface area contributed by atoms with E-state index >= 15 is 0 Å². The molecule has 160 valence electrons. The third kappa shape index (κ3) is 5.33. The molecule has 0 radical (unpaired) electrons. The molecule has 1 aliphatic rings. The number of rotatable bonds is 6. The van der Waals surface area contributed by atoms with Crippen LogP contribution in [0, 0.1) is 11.6 Å². The molecule has 0 spiro atoms. The summed E-state index contributed by atoms with van der Waals surface area (Å²) in [5, 5.41) is 4.75. The van der Waals surface area contributed by atoms with E-state index in [0.29, 0.717) is 0 Å². The molecule has 0 saturated carbocycles. The van der Waals surface area contributed by atoms with Gasteiger partial charge in [0, 0.05) is 32.4 Å². The lowest BCUT2D eigenvalue weighted by Gasteiger charge is -2.28. The van der Waals surface area contributed by atoms with Gasteiger partial charge in [-0.25, -0.2) is 8.78 Å². The average molecular weight is 416 g/mol. The number of amides is 2. The Kier molecular flexibility index (Phi) is 6.99. The Morgan fingerprint density at radius 3 is 2.33 bits per heavy atom. The summed E-state index contributed by atoms with van der Waals surface area (Å²) in [6.45, 7) is 2.06. The van der Waals surface area contributed by atoms with Crippen molar-refractivity contribution in [3.63, 3.8) is 0 Å². The number of carbonyl (C=O) groups is 2. The highest BCUT2D eigenvalue weighted by molar-refractivity contribution is 6.39. The SMILES string of the molecule is CN(C)c1ccc([C@H](CNC(=O)C(=O)Nc2cc(F)ccc2F)N2CCCC2)cc1. The molecule has 2 amide bonds. The van der Waals surface area contributed by atoms with E-state index in [4.69, 9.17) is 0 Å². The van der Waals surface area contributed by atoms with Crippen molar-refractivity contribution in [2.45, 2.75) is 18.9 Å². The van der Waals surface area contributed by atoms with Crippen LogP contribution < -0.4 is 15.5 Å². The monoisotopic (exact) mass is 416 g/mol. The molecular formula is C22H26F2N4O2. The number of halogens is 2. The van der Waals surface area contributed by atoms with E-state index in [9.17, 15) is 18.4 Å². The smallest absolute Gasteiger partial charge is 0.313 e. The summed E-state index contributed by atoms with van der Waals surface area (Å²) in [6.07, 6.45) is 2.17. The molecule has 1 fully saturated rings. The molecular weight excluding hydrogens is 390 g/mol. The second-order valence-electron chi connectivity index (χ2n) is 7.53. The van der Waals surface area contributed by atoms with E-state index in [1.165, 1.54) is 0 Å². The summed E-state index contributed by atoms with van der Waals surface area (Å²) in [5.41, 5.74) is 1.74. The van der Waals surface area contributed by atoms with E-state index in [2.05, 4.69) is 15.5 Å². The summed E-state index contributed by atoms with van der Waals surface area (Å²) in [7, 11) is 3.93. The van der Waals surface area contributed by atoms with Gasteiger partial charge in [-0.3, -0.25) is 14.5 Å². The minimum atomic E-state index is -1.04. The molecule has 1 saturated heterocycles. The van der Waals surface area contributed by atoms with E-state index < -0.39 is 23.4 Å². The maximum atomic E-state index is 13.7. The quantitative estimate of drug-likeness (QED) is 0.711. The standard InChI is InChI=1S/C22H26F2N4O2/c1-27(2)17-8-5-15(6-9-17)20(28-11-3-4-12-28)14-25-21(29)22(30)26-19-13-16(23)7-10-18(19)24/h5-10,13,20H,3-4,11-12,14H2,1-2H3,(H,25,29)(H,26,30)/t20-/m0/s1. The maximum absolute atomic E-state index is 13.7. The Hall–Kier alpha value is -3.00. The molecule has 2 aromatic rings. The highest BCUT2D eigenvalue weighted by Crippen LogP contribution is 2.26. The zero-order valence-corrected chi connectivity index (χ0v) is 17.1. The van der Waals surface area contributed by atoms with Gasteiger partial charge in [0.25, 0.3) is 0 Å². The fourth-order valence-corrected chi connectivity index (χ4v) is 3.55. The van der Waals surface area contributed by atoms with Gasteiger partial charge in [-0.1, -0.05) is 12.1 Å². The highest BCUT2D eigenvalue weighted by Gasteiger charge is 2.25. The van der Waals surface area contributed by atoms with Crippen LogP contribution in [0.4, 0.5) is 20.2 Å². The number of hydrogen-bond acceptors (Lipinski definition) is 4. The third-order valence-electron chi connectivity index (χ3n) is 5.21. The fraction of sp³-hybridized carbons (Fsp3) is 0.364. The molecule has 0 aliphatic carbocycles. The Balaban J connectivity index is 1.66. The number of carbonyl (C=O) groups excluding carboxylic acids is 2. The van der Waals surface area contributed by atoms with Crippen LogP contribution in [0.3, 0.4) is 0 Å². The number of anilines is 2. The van der Waals surface area contributed by atoms with E-state index in [1.807, 2.05) is 43.3 Å². The number of nitrogens with zero attached hydrogens (tertiary/aromatic N) is 2. The maximum Gasteiger partial charge on any atom is 0.313 e. The molecule has 30 heavy (non-hydrogen) atoms. The predicted molar refractivity (Wildman–Crippen MR) is 112 cm³/mol. The normalized spacial score (nSPS) is 14.9. The molecule has 0 bridgehead atoms. The minimum Gasteiger partial charge on any atom is -0.378 e. The Morgan fingerprint density at radius 2 is 1.70 bits per heavy atom. The van der Waals surface area contributed by atoms with Crippen LogP contribution in [0.5, 0.6) is 0 Å². The third-order valence-corrected chi connectivity index (χ3v) is 5.21. The van der Waals surface area contributed by atoms with Crippen molar-refractivity contribution in [2.75, 3.05) is 43.9 Å². The van der Waals surface area contributed by atoms with Crippen molar-refractivity contribution in [1.29, 1.82) is 0 Å². The fourth-order valence-electron chi connectivity index (χ4n) is 3.55. The molecule has 2 aromatic carbocycles. The van der Waals surface area contributed by atoms with Gasteiger partial charge in [-0.05, 0) is 55.8 Å². The summed E-state index contributed by atoms with van der Waals surface area (Å²) >= 11 is 0. The summed E-state index contributed by atoms with van der Waals surface area (Å²) in [5.74, 6) is -3.45. The Bertz CT molecular complexity index is 897. The lowest BCUT2D eigenvalue weighted by molar-refractivity contribution is -0.136. The second kappa shape index (κ2) is 9.67. The number of hydrogen-bond donors (Lipinski definition) is 2. The first-order valence-corrected chi connectivity index (χ1v) is 9.90. The predicted octanol–water partition coefficient (Wildman–Crippen LogP) is 2.92. The first-order chi connectivity index (χ1) is 14.3. The second-order valence-corrected chi connectivity index (χ2v) is 7.53. The van der Waals surface area contributed by atoms with E-state index in [0.717, 1.165) is 55.4 Å². The highest BCUT2D eigenvalue weighted by atomic mass is 19.1. The van der Waals surface area contributed by atoms with Gasteiger partial charge in [0.15, 0.2) is 0 Å². The molecule has 3 rings (SSSR count). The van der Waals surface area contributed by atoms with Crippen molar-refractivity contribution >= 4 is 23.2 Å². The molecule has 1 aliphatic heterocycles. The van der Waals surface area contributed by atoms with Gasteiger partial charge in [-0.2, -0.15) is 0 Å². The van der Waals surface area contributed by atoms with E-state index in [1.54, 1.807) is 0 Å². The van der Waals surface area contributed by atoms with Crippen LogP contribution in [-0.4, -0.2) is 50.4 Å². The van der Waals surface area contributed by atoms with Crippen molar-refractivity contribution in [3.05, 3.63) is 59.7 Å². The van der Waals surface area contributed by atoms with Gasteiger partial charge in [-0.15, -0.1) is 0 Å². The molecule has 0 unspecified atom stereocenters. The summed E-state index contributed by atoms with van der Waals surface area (Å²) in [6, 6.07) is 10.7. The summed E-state index contributed by atoms with van der Waals surface area (Å²) < 4.78 is 27.0. The van der Waals surface area contributed by atoms with Gasteiger partial charge in [0.2, 0.25) is 0 Å². The van der Waals surface area contributed by atoms with Crippen molar-refractivity contribution in [1.82, 2.24) is 10.2 Å². The van der Waals surface area contributed by atoms with Crippen molar-refractivity contribution in [2.24, 2.45) is 0 Å². The van der Waals surface area contributed by atoms with Crippen LogP contribution in [0.25, 0.3) is 0 Å². The number of nitrogens with one attached hydrogen (secondary N) is 2. The number of likely N-dealkylation sites (tertiary alicyclic amines) is 1. The Labute approximate surface area is 174 Å². The zero-order chi connectivity index (χ0) is 21.7. The van der Waals surface area contributed by atoms with Crippen LogP contribution in [0.2, 0.25) is 0 Å². The van der Waals surface area contributed by atoms with Crippen molar-refractivity contribution < 1.29 is 18.4 Å². The number of benzene rings is 2. The molecule has 8 heteroatoms. The molecule has 0 aromatic heterocycles. The molecule has 2 N–H and O–H groups in total. The lowest BCUT2D eigenvalue weighted by atomic mass is 10.0. The van der Waals surface area contributed by atoms with Crippen LogP contribution >= 0.6 is 0 Å². The first kappa shape index (κ1) is 21.7. The minimum absolute atomic E-state index is 0.0774. The topological polar surface area (TPSA) is 64.7 Å². The van der Waals surface area contributed by atoms with Crippen LogP contribution in [0.15, 0.2) is 42.5 Å². The van der Waals surface area contributed by atoms with E-state index in [-0.39, 0.29) is 18.3 Å². The first-order valence-electron chi connectivity index (χ1n) is 9.90. The zero-order valence-electron chi connectivity index (χ0n) is 17.1. The largest absolute Gasteiger partial charge is 0.378 e. The molecule has 1 atom stereocenters. The van der Waals surface area contributed by atoms with Gasteiger partial charge in [0.05, 0.1) is 11.7 Å². The lowest BCUT2D eigenvalue weighted by Crippen LogP contribution is -2.41. The molecule has 6 nitrogen and oxygen atoms in total. The van der Waals surface area contributed by atoms with Gasteiger partial charge < -0.3 is 15.5 Å². The van der Waals surface area contributed by atoms with Crippen LogP contribution in [0.1, 0.15) is 24.4 Å². The Morgan fingerprint density at radius 1 is 1.03 bits per heavy atom.